The molecule has 2 heterocycles. The van der Waals surface area contributed by atoms with Crippen LogP contribution in [0.1, 0.15) is 16.9 Å². The normalized spacial score (nSPS) is 18.3. The molecule has 2 aromatic rings. The summed E-state index contributed by atoms with van der Waals surface area (Å²) in [5.74, 6) is -0.246. The molecule has 2 N–H and O–H groups in total. The fourth-order valence-electron chi connectivity index (χ4n) is 2.81. The Bertz CT molecular complexity index is 895. The minimum absolute atomic E-state index is 0.00506. The van der Waals surface area contributed by atoms with Crippen molar-refractivity contribution in [2.24, 2.45) is 0 Å². The summed E-state index contributed by atoms with van der Waals surface area (Å²) in [6.07, 6.45) is 2.00. The van der Waals surface area contributed by atoms with Crippen LogP contribution in [0.25, 0.3) is 0 Å². The highest BCUT2D eigenvalue weighted by atomic mass is 32.2. The lowest BCUT2D eigenvalue weighted by atomic mass is 10.2. The standard InChI is InChI=1S/C18H22N4O3S/c1-22(2)16-5-3-13(4-6-16)20-14-7-9-19-17(11-14)18(23)21-15-8-10-26(24,25)12-15/h3-7,9,11,15H,8,10,12H2,1-2H3,(H,19,20)(H,21,23). The van der Waals surface area contributed by atoms with Crippen molar-refractivity contribution in [3.05, 3.63) is 48.3 Å². The van der Waals surface area contributed by atoms with Gasteiger partial charge in [-0.15, -0.1) is 0 Å². The van der Waals surface area contributed by atoms with Crippen molar-refractivity contribution in [3.8, 4) is 0 Å². The number of aromatic nitrogens is 1. The summed E-state index contributed by atoms with van der Waals surface area (Å²) >= 11 is 0. The van der Waals surface area contributed by atoms with Gasteiger partial charge in [0.1, 0.15) is 5.69 Å². The smallest absolute Gasteiger partial charge is 0.270 e. The SMILES string of the molecule is CN(C)c1ccc(Nc2ccnc(C(=O)NC3CCS(=O)(=O)C3)c2)cc1. The molecular weight excluding hydrogens is 352 g/mol. The van der Waals surface area contributed by atoms with Gasteiger partial charge in [0.25, 0.3) is 5.91 Å². The predicted molar refractivity (Wildman–Crippen MR) is 103 cm³/mol. The number of hydrogen-bond acceptors (Lipinski definition) is 6. The minimum Gasteiger partial charge on any atom is -0.378 e. The van der Waals surface area contributed by atoms with Crippen molar-refractivity contribution in [2.45, 2.75) is 12.5 Å². The number of hydrogen-bond donors (Lipinski definition) is 2. The second-order valence-corrected chi connectivity index (χ2v) is 8.80. The summed E-state index contributed by atoms with van der Waals surface area (Å²) in [5.41, 5.74) is 2.98. The van der Waals surface area contributed by atoms with Crippen LogP contribution in [0.3, 0.4) is 0 Å². The van der Waals surface area contributed by atoms with Crippen LogP contribution >= 0.6 is 0 Å². The Kier molecular flexibility index (Phi) is 5.13. The van der Waals surface area contributed by atoms with Crippen LogP contribution < -0.4 is 15.5 Å². The van der Waals surface area contributed by atoms with E-state index in [0.717, 1.165) is 17.1 Å². The molecular formula is C18H22N4O3S. The Morgan fingerprint density at radius 3 is 2.50 bits per heavy atom. The quantitative estimate of drug-likeness (QED) is 0.829. The van der Waals surface area contributed by atoms with Crippen molar-refractivity contribution in [3.63, 3.8) is 0 Å². The Balaban J connectivity index is 1.67. The lowest BCUT2D eigenvalue weighted by Crippen LogP contribution is -2.36. The van der Waals surface area contributed by atoms with Gasteiger partial charge in [0.05, 0.1) is 11.5 Å². The van der Waals surface area contributed by atoms with Crippen LogP contribution in [0.5, 0.6) is 0 Å². The van der Waals surface area contributed by atoms with Crippen LogP contribution in [0.4, 0.5) is 17.1 Å². The van der Waals surface area contributed by atoms with Crippen molar-refractivity contribution in [1.29, 1.82) is 0 Å². The third-order valence-electron chi connectivity index (χ3n) is 4.23. The first-order valence-electron chi connectivity index (χ1n) is 8.34. The number of amides is 1. The zero-order valence-electron chi connectivity index (χ0n) is 14.8. The van der Waals surface area contributed by atoms with Gasteiger partial charge in [0, 0.05) is 43.4 Å². The average Bonchev–Trinajstić information content (AvgIpc) is 2.94. The number of anilines is 3. The topological polar surface area (TPSA) is 91.4 Å². The fraction of sp³-hybridized carbons (Fsp3) is 0.333. The molecule has 0 bridgehead atoms. The molecule has 0 radical (unpaired) electrons. The van der Waals surface area contributed by atoms with E-state index >= 15 is 0 Å². The summed E-state index contributed by atoms with van der Waals surface area (Å²) in [7, 11) is 0.923. The minimum atomic E-state index is -3.03. The number of sulfone groups is 1. The van der Waals surface area contributed by atoms with Gasteiger partial charge in [-0.05, 0) is 42.8 Å². The van der Waals surface area contributed by atoms with Gasteiger partial charge in [-0.1, -0.05) is 0 Å². The van der Waals surface area contributed by atoms with Gasteiger partial charge in [0.2, 0.25) is 0 Å². The largest absolute Gasteiger partial charge is 0.378 e. The van der Waals surface area contributed by atoms with E-state index in [0.29, 0.717) is 6.42 Å². The Labute approximate surface area is 153 Å². The molecule has 138 valence electrons. The van der Waals surface area contributed by atoms with Crippen LogP contribution in [-0.2, 0) is 9.84 Å². The van der Waals surface area contributed by atoms with Crippen molar-refractivity contribution in [2.75, 3.05) is 35.8 Å². The number of rotatable bonds is 5. The van der Waals surface area contributed by atoms with E-state index in [4.69, 9.17) is 0 Å². The lowest BCUT2D eigenvalue weighted by Gasteiger charge is -2.14. The summed E-state index contributed by atoms with van der Waals surface area (Å²) < 4.78 is 23.0. The first-order chi connectivity index (χ1) is 12.3. The van der Waals surface area contributed by atoms with Crippen molar-refractivity contribution < 1.29 is 13.2 Å². The maximum Gasteiger partial charge on any atom is 0.270 e. The third-order valence-corrected chi connectivity index (χ3v) is 6.00. The molecule has 26 heavy (non-hydrogen) atoms. The fourth-order valence-corrected chi connectivity index (χ4v) is 4.48. The molecule has 0 aliphatic carbocycles. The third kappa shape index (κ3) is 4.51. The summed E-state index contributed by atoms with van der Waals surface area (Å²) in [6, 6.07) is 11.0. The zero-order chi connectivity index (χ0) is 18.7. The molecule has 8 heteroatoms. The Morgan fingerprint density at radius 2 is 1.88 bits per heavy atom. The van der Waals surface area contributed by atoms with E-state index < -0.39 is 9.84 Å². The number of nitrogens with one attached hydrogen (secondary N) is 2. The van der Waals surface area contributed by atoms with Gasteiger partial charge < -0.3 is 15.5 Å². The predicted octanol–water partition coefficient (Wildman–Crippen LogP) is 1.81. The molecule has 7 nitrogen and oxygen atoms in total. The second kappa shape index (κ2) is 7.33. The van der Waals surface area contributed by atoms with E-state index in [1.54, 1.807) is 18.3 Å². The highest BCUT2D eigenvalue weighted by Crippen LogP contribution is 2.20. The molecule has 1 aromatic heterocycles. The summed E-state index contributed by atoms with van der Waals surface area (Å²) in [4.78, 5) is 18.4. The number of carbonyl (C=O) groups is 1. The molecule has 0 saturated carbocycles. The monoisotopic (exact) mass is 374 g/mol. The van der Waals surface area contributed by atoms with Crippen molar-refractivity contribution >= 4 is 32.8 Å². The van der Waals surface area contributed by atoms with E-state index in [-0.39, 0.29) is 29.1 Å². The van der Waals surface area contributed by atoms with Gasteiger partial charge >= 0.3 is 0 Å². The first-order valence-corrected chi connectivity index (χ1v) is 10.2. The molecule has 1 saturated heterocycles. The Morgan fingerprint density at radius 1 is 1.15 bits per heavy atom. The van der Waals surface area contributed by atoms with Crippen molar-refractivity contribution in [1.82, 2.24) is 10.3 Å². The number of nitrogens with zero attached hydrogens (tertiary/aromatic N) is 2. The van der Waals surface area contributed by atoms with E-state index in [1.165, 1.54) is 0 Å². The maximum absolute atomic E-state index is 12.3. The average molecular weight is 374 g/mol. The van der Waals surface area contributed by atoms with E-state index in [9.17, 15) is 13.2 Å². The molecule has 0 spiro atoms. The van der Waals surface area contributed by atoms with E-state index in [1.807, 2.05) is 43.3 Å². The van der Waals surface area contributed by atoms with Crippen LogP contribution in [0.15, 0.2) is 42.6 Å². The van der Waals surface area contributed by atoms with Gasteiger partial charge in [-0.2, -0.15) is 0 Å². The van der Waals surface area contributed by atoms with Gasteiger partial charge in [0.15, 0.2) is 9.84 Å². The number of benzene rings is 1. The lowest BCUT2D eigenvalue weighted by molar-refractivity contribution is 0.0936. The first kappa shape index (κ1) is 18.2. The zero-order valence-corrected chi connectivity index (χ0v) is 15.6. The molecule has 1 aromatic carbocycles. The molecule has 1 amide bonds. The van der Waals surface area contributed by atoms with Gasteiger partial charge in [-0.3, -0.25) is 9.78 Å². The van der Waals surface area contributed by atoms with Gasteiger partial charge in [-0.25, -0.2) is 8.42 Å². The Hall–Kier alpha value is -2.61. The molecule has 1 aliphatic rings. The summed E-state index contributed by atoms with van der Waals surface area (Å²) in [5, 5.41) is 5.99. The number of pyridine rings is 1. The second-order valence-electron chi connectivity index (χ2n) is 6.57. The number of carbonyl (C=O) groups excluding carboxylic acids is 1. The molecule has 1 fully saturated rings. The molecule has 3 rings (SSSR count). The van der Waals surface area contributed by atoms with Crippen LogP contribution in [-0.4, -0.2) is 51.0 Å². The summed E-state index contributed by atoms with van der Waals surface area (Å²) in [6.45, 7) is 0. The maximum atomic E-state index is 12.3. The van der Waals surface area contributed by atoms with Crippen LogP contribution in [0, 0.1) is 0 Å². The molecule has 1 aliphatic heterocycles. The van der Waals surface area contributed by atoms with E-state index in [2.05, 4.69) is 15.6 Å². The highest BCUT2D eigenvalue weighted by molar-refractivity contribution is 7.91. The molecule has 1 unspecified atom stereocenters. The highest BCUT2D eigenvalue weighted by Gasteiger charge is 2.29. The molecule has 1 atom stereocenters. The van der Waals surface area contributed by atoms with Crippen LogP contribution in [0.2, 0.25) is 0 Å².